The Labute approximate surface area is 108 Å². The van der Waals surface area contributed by atoms with Gasteiger partial charge in [-0.1, -0.05) is 32.0 Å². The zero-order chi connectivity index (χ0) is 13.2. The van der Waals surface area contributed by atoms with Crippen molar-refractivity contribution in [2.75, 3.05) is 6.61 Å². The normalized spacial score (nSPS) is 23.9. The fourth-order valence-electron chi connectivity index (χ4n) is 2.42. The summed E-state index contributed by atoms with van der Waals surface area (Å²) in [6.07, 6.45) is 0.544. The van der Waals surface area contributed by atoms with Crippen LogP contribution in [0.1, 0.15) is 25.8 Å². The minimum absolute atomic E-state index is 0.272. The highest BCUT2D eigenvalue weighted by atomic mass is 16.5. The van der Waals surface area contributed by atoms with Crippen molar-refractivity contribution >= 4 is 0 Å². The van der Waals surface area contributed by atoms with Crippen LogP contribution in [0.15, 0.2) is 24.3 Å². The molecular weight excluding hydrogens is 226 g/mol. The van der Waals surface area contributed by atoms with Crippen LogP contribution in [-0.2, 0) is 6.42 Å². The number of fused-ring (bicyclic) bond motifs is 1. The summed E-state index contributed by atoms with van der Waals surface area (Å²) >= 11 is 0. The number of nitriles is 1. The molecule has 3 heteroatoms. The van der Waals surface area contributed by atoms with Crippen molar-refractivity contribution in [2.24, 2.45) is 11.3 Å². The van der Waals surface area contributed by atoms with Gasteiger partial charge in [-0.2, -0.15) is 5.26 Å². The lowest BCUT2D eigenvalue weighted by atomic mass is 9.74. The molecule has 1 aromatic carbocycles. The molecule has 3 nitrogen and oxygen atoms in total. The predicted molar refractivity (Wildman–Crippen MR) is 69.1 cm³/mol. The van der Waals surface area contributed by atoms with Gasteiger partial charge < -0.3 is 9.84 Å². The van der Waals surface area contributed by atoms with Crippen LogP contribution in [0.5, 0.6) is 5.75 Å². The van der Waals surface area contributed by atoms with E-state index in [1.165, 1.54) is 0 Å². The van der Waals surface area contributed by atoms with Crippen molar-refractivity contribution in [3.63, 3.8) is 0 Å². The zero-order valence-corrected chi connectivity index (χ0v) is 10.9. The Morgan fingerprint density at radius 3 is 2.83 bits per heavy atom. The smallest absolute Gasteiger partial charge is 0.122 e. The maximum absolute atomic E-state index is 10.3. The Morgan fingerprint density at radius 1 is 1.44 bits per heavy atom. The summed E-state index contributed by atoms with van der Waals surface area (Å²) < 4.78 is 5.65. The van der Waals surface area contributed by atoms with Crippen molar-refractivity contribution < 1.29 is 9.84 Å². The van der Waals surface area contributed by atoms with Crippen LogP contribution < -0.4 is 4.74 Å². The first kappa shape index (κ1) is 12.9. The van der Waals surface area contributed by atoms with Gasteiger partial charge >= 0.3 is 0 Å². The molecule has 0 saturated heterocycles. The van der Waals surface area contributed by atoms with E-state index in [4.69, 9.17) is 4.74 Å². The predicted octanol–water partition coefficient (Wildman–Crippen LogP) is 2.54. The average molecular weight is 245 g/mol. The minimum atomic E-state index is -0.807. The van der Waals surface area contributed by atoms with E-state index in [2.05, 4.69) is 6.07 Å². The third-order valence-corrected chi connectivity index (χ3v) is 3.52. The molecule has 2 atom stereocenters. The molecular formula is C15H19NO2. The number of aliphatic hydroxyl groups is 1. The second-order valence-electron chi connectivity index (χ2n) is 5.49. The molecule has 0 aromatic heterocycles. The third-order valence-electron chi connectivity index (χ3n) is 3.52. The summed E-state index contributed by atoms with van der Waals surface area (Å²) in [6.45, 7) is 4.37. The van der Waals surface area contributed by atoms with Crippen molar-refractivity contribution in [3.8, 4) is 11.8 Å². The van der Waals surface area contributed by atoms with Crippen LogP contribution in [0.4, 0.5) is 0 Å². The highest BCUT2D eigenvalue weighted by Gasteiger charge is 2.42. The summed E-state index contributed by atoms with van der Waals surface area (Å²) in [5.74, 6) is 1.20. The van der Waals surface area contributed by atoms with Gasteiger partial charge in [-0.05, 0) is 24.0 Å². The molecule has 0 amide bonds. The second-order valence-corrected chi connectivity index (χ2v) is 5.49. The van der Waals surface area contributed by atoms with Gasteiger partial charge in [0.05, 0.1) is 12.2 Å². The molecule has 1 N–H and O–H groups in total. The number of para-hydroxylation sites is 1. The largest absolute Gasteiger partial charge is 0.492 e. The lowest BCUT2D eigenvalue weighted by Crippen LogP contribution is -2.44. The maximum Gasteiger partial charge on any atom is 0.122 e. The molecule has 1 aliphatic rings. The van der Waals surface area contributed by atoms with Crippen LogP contribution in [0.2, 0.25) is 0 Å². The highest BCUT2D eigenvalue weighted by Crippen LogP contribution is 2.38. The van der Waals surface area contributed by atoms with Crippen LogP contribution >= 0.6 is 0 Å². The fourth-order valence-corrected chi connectivity index (χ4v) is 2.42. The summed E-state index contributed by atoms with van der Waals surface area (Å²) in [4.78, 5) is 0. The Kier molecular flexibility index (Phi) is 3.58. The van der Waals surface area contributed by atoms with Crippen LogP contribution in [0.25, 0.3) is 0 Å². The summed E-state index contributed by atoms with van der Waals surface area (Å²) in [5.41, 5.74) is 0.201. The molecule has 2 unspecified atom stereocenters. The molecule has 96 valence electrons. The van der Waals surface area contributed by atoms with Gasteiger partial charge in [-0.15, -0.1) is 0 Å². The SMILES string of the molecule is CC(C)CC(O)C1(C#N)COc2ccccc2C1. The third kappa shape index (κ3) is 2.34. The first-order valence-corrected chi connectivity index (χ1v) is 6.37. The molecule has 2 rings (SSSR count). The van der Waals surface area contributed by atoms with E-state index >= 15 is 0 Å². The molecule has 1 aromatic rings. The number of aliphatic hydroxyl groups excluding tert-OH is 1. The minimum Gasteiger partial charge on any atom is -0.492 e. The molecule has 0 bridgehead atoms. The Hall–Kier alpha value is -1.53. The first-order valence-electron chi connectivity index (χ1n) is 6.37. The Bertz CT molecular complexity index is 464. The van der Waals surface area contributed by atoms with Crippen LogP contribution in [0, 0.1) is 22.7 Å². The Morgan fingerprint density at radius 2 is 2.17 bits per heavy atom. The van der Waals surface area contributed by atoms with Gasteiger partial charge in [0, 0.05) is 6.42 Å². The lowest BCUT2D eigenvalue weighted by Gasteiger charge is -2.36. The maximum atomic E-state index is 10.3. The van der Waals surface area contributed by atoms with Crippen molar-refractivity contribution in [2.45, 2.75) is 32.8 Å². The van der Waals surface area contributed by atoms with E-state index in [-0.39, 0.29) is 6.61 Å². The summed E-state index contributed by atoms with van der Waals surface area (Å²) in [6, 6.07) is 10.0. The van der Waals surface area contributed by atoms with E-state index < -0.39 is 11.5 Å². The highest BCUT2D eigenvalue weighted by molar-refractivity contribution is 5.37. The van der Waals surface area contributed by atoms with Gasteiger partial charge in [0.25, 0.3) is 0 Å². The number of benzene rings is 1. The second kappa shape index (κ2) is 4.99. The quantitative estimate of drug-likeness (QED) is 0.890. The van der Waals surface area contributed by atoms with Gasteiger partial charge in [-0.25, -0.2) is 0 Å². The molecule has 0 saturated carbocycles. The molecule has 18 heavy (non-hydrogen) atoms. The van der Waals surface area contributed by atoms with E-state index in [9.17, 15) is 10.4 Å². The molecule has 0 radical (unpaired) electrons. The zero-order valence-electron chi connectivity index (χ0n) is 10.9. The van der Waals surface area contributed by atoms with Gasteiger partial charge in [0.1, 0.15) is 17.8 Å². The summed E-state index contributed by atoms with van der Waals surface area (Å²) in [7, 11) is 0. The standard InChI is InChI=1S/C15H19NO2/c1-11(2)7-14(17)15(9-16)8-12-5-3-4-6-13(12)18-10-15/h3-6,11,14,17H,7-8,10H2,1-2H3. The number of ether oxygens (including phenoxy) is 1. The molecule has 1 aliphatic heterocycles. The van der Waals surface area contributed by atoms with Gasteiger partial charge in [0.15, 0.2) is 0 Å². The molecule has 0 aliphatic carbocycles. The van der Waals surface area contributed by atoms with Gasteiger partial charge in [0.2, 0.25) is 0 Å². The van der Waals surface area contributed by atoms with Crippen LogP contribution in [-0.4, -0.2) is 17.8 Å². The number of nitrogens with zero attached hydrogens (tertiary/aromatic N) is 1. The monoisotopic (exact) mass is 245 g/mol. The molecule has 0 fully saturated rings. The molecule has 0 spiro atoms. The first-order chi connectivity index (χ1) is 8.57. The van der Waals surface area contributed by atoms with Crippen molar-refractivity contribution in [1.82, 2.24) is 0 Å². The van der Waals surface area contributed by atoms with E-state index in [0.717, 1.165) is 11.3 Å². The van der Waals surface area contributed by atoms with E-state index in [0.29, 0.717) is 18.8 Å². The van der Waals surface area contributed by atoms with Crippen molar-refractivity contribution in [1.29, 1.82) is 5.26 Å². The van der Waals surface area contributed by atoms with Crippen LogP contribution in [0.3, 0.4) is 0 Å². The van der Waals surface area contributed by atoms with Gasteiger partial charge in [-0.3, -0.25) is 0 Å². The Balaban J connectivity index is 2.24. The molecule has 1 heterocycles. The number of hydrogen-bond acceptors (Lipinski definition) is 3. The van der Waals surface area contributed by atoms with E-state index in [1.54, 1.807) is 0 Å². The average Bonchev–Trinajstić information content (AvgIpc) is 2.37. The van der Waals surface area contributed by atoms with E-state index in [1.807, 2.05) is 38.1 Å². The van der Waals surface area contributed by atoms with Crippen molar-refractivity contribution in [3.05, 3.63) is 29.8 Å². The number of rotatable bonds is 3. The fraction of sp³-hybridized carbons (Fsp3) is 0.533. The lowest BCUT2D eigenvalue weighted by molar-refractivity contribution is 0.00603. The topological polar surface area (TPSA) is 53.2 Å². The summed E-state index contributed by atoms with van der Waals surface area (Å²) in [5, 5.41) is 19.8. The number of hydrogen-bond donors (Lipinski definition) is 1.